The lowest BCUT2D eigenvalue weighted by Crippen LogP contribution is -2.11. The maximum absolute atomic E-state index is 13.1. The van der Waals surface area contributed by atoms with Crippen LogP contribution in [-0.4, -0.2) is 39.2 Å². The van der Waals surface area contributed by atoms with Crippen molar-refractivity contribution in [1.82, 2.24) is 0 Å². The first kappa shape index (κ1) is 25.5. The van der Waals surface area contributed by atoms with Gasteiger partial charge >= 0.3 is 11.9 Å². The van der Waals surface area contributed by atoms with Gasteiger partial charge < -0.3 is 23.7 Å². The van der Waals surface area contributed by atoms with Gasteiger partial charge in [-0.1, -0.05) is 34.1 Å². The van der Waals surface area contributed by atoms with Crippen LogP contribution in [0.5, 0.6) is 23.0 Å². The fourth-order valence-corrected chi connectivity index (χ4v) is 4.75. The fraction of sp³-hybridized carbons (Fsp3) is 0.115. The lowest BCUT2D eigenvalue weighted by molar-refractivity contribution is -0.129. The summed E-state index contributed by atoms with van der Waals surface area (Å²) in [7, 11) is 4.37. The molecule has 184 valence electrons. The van der Waals surface area contributed by atoms with Crippen LogP contribution in [0.2, 0.25) is 0 Å². The van der Waals surface area contributed by atoms with E-state index in [9.17, 15) is 9.59 Å². The van der Waals surface area contributed by atoms with Crippen molar-refractivity contribution in [2.75, 3.05) is 21.3 Å². The van der Waals surface area contributed by atoms with E-state index in [4.69, 9.17) is 23.7 Å². The van der Waals surface area contributed by atoms with Crippen LogP contribution in [0.4, 0.5) is 0 Å². The maximum Gasteiger partial charge on any atom is 0.363 e. The van der Waals surface area contributed by atoms with Crippen molar-refractivity contribution < 1.29 is 33.3 Å². The minimum absolute atomic E-state index is 0.0592. The molecule has 10 heteroatoms. The lowest BCUT2D eigenvalue weighted by atomic mass is 10.1. The second kappa shape index (κ2) is 11.0. The van der Waals surface area contributed by atoms with Gasteiger partial charge in [0.25, 0.3) is 0 Å². The molecule has 0 saturated heterocycles. The number of hydrogen-bond donors (Lipinski definition) is 0. The van der Waals surface area contributed by atoms with E-state index in [0.717, 1.165) is 0 Å². The summed E-state index contributed by atoms with van der Waals surface area (Å²) in [6.45, 7) is 0. The third kappa shape index (κ3) is 5.29. The number of hydrogen-bond acceptors (Lipinski definition) is 8. The zero-order valence-corrected chi connectivity index (χ0v) is 22.5. The number of halogens is 2. The van der Waals surface area contributed by atoms with Gasteiger partial charge in [-0.15, -0.1) is 0 Å². The van der Waals surface area contributed by atoms with Crippen molar-refractivity contribution in [2.45, 2.75) is 0 Å². The van der Waals surface area contributed by atoms with Crippen LogP contribution in [0.25, 0.3) is 6.08 Å². The summed E-state index contributed by atoms with van der Waals surface area (Å²) < 4.78 is 28.2. The van der Waals surface area contributed by atoms with Crippen LogP contribution in [0, 0.1) is 0 Å². The molecule has 0 fully saturated rings. The number of carbonyl (C=O) groups excluding carboxylic acids is 2. The van der Waals surface area contributed by atoms with Crippen LogP contribution in [0.1, 0.15) is 21.5 Å². The number of benzene rings is 3. The molecule has 3 aromatic carbocycles. The van der Waals surface area contributed by atoms with E-state index >= 15 is 0 Å². The van der Waals surface area contributed by atoms with Crippen LogP contribution < -0.4 is 18.9 Å². The van der Waals surface area contributed by atoms with Gasteiger partial charge in [0.1, 0.15) is 0 Å². The summed E-state index contributed by atoms with van der Waals surface area (Å²) in [4.78, 5) is 30.0. The van der Waals surface area contributed by atoms with Gasteiger partial charge in [0, 0.05) is 15.6 Å². The Morgan fingerprint density at radius 3 is 2.19 bits per heavy atom. The Kier molecular flexibility index (Phi) is 7.76. The number of cyclic esters (lactones) is 1. The van der Waals surface area contributed by atoms with Gasteiger partial charge in [0.05, 0.1) is 31.4 Å². The summed E-state index contributed by atoms with van der Waals surface area (Å²) in [5, 5.41) is 0. The Bertz CT molecular complexity index is 1380. The van der Waals surface area contributed by atoms with E-state index in [-0.39, 0.29) is 22.9 Å². The van der Waals surface area contributed by atoms with Gasteiger partial charge in [0.2, 0.25) is 11.6 Å². The Morgan fingerprint density at radius 2 is 1.58 bits per heavy atom. The average molecular weight is 617 g/mol. The normalized spacial score (nSPS) is 13.8. The zero-order chi connectivity index (χ0) is 25.8. The van der Waals surface area contributed by atoms with Crippen LogP contribution in [-0.2, 0) is 9.53 Å². The van der Waals surface area contributed by atoms with Crippen molar-refractivity contribution in [3.63, 3.8) is 0 Å². The molecule has 0 aromatic heterocycles. The van der Waals surface area contributed by atoms with E-state index < -0.39 is 11.9 Å². The summed E-state index contributed by atoms with van der Waals surface area (Å²) >= 11 is 6.86. The molecule has 1 aliphatic rings. The predicted molar refractivity (Wildman–Crippen MR) is 140 cm³/mol. The molecule has 0 unspecified atom stereocenters. The SMILES string of the molecule is COc1cc(C(=O)Oc2c(Br)cc(Br)cc2/C=C2\N=C(c3ccccc3)OC2=O)cc(OC)c1OC. The molecule has 3 aromatic rings. The predicted octanol–water partition coefficient (Wildman–Crippen LogP) is 5.80. The Balaban J connectivity index is 1.72. The number of methoxy groups -OCH3 is 3. The van der Waals surface area contributed by atoms with Crippen LogP contribution in [0.3, 0.4) is 0 Å². The Morgan fingerprint density at radius 1 is 0.917 bits per heavy atom. The third-order valence-corrected chi connectivity index (χ3v) is 6.11. The van der Waals surface area contributed by atoms with Crippen molar-refractivity contribution in [3.05, 3.63) is 85.9 Å². The van der Waals surface area contributed by atoms with Gasteiger partial charge in [-0.25, -0.2) is 14.6 Å². The van der Waals surface area contributed by atoms with Crippen LogP contribution >= 0.6 is 31.9 Å². The topological polar surface area (TPSA) is 92.7 Å². The molecule has 0 amide bonds. The van der Waals surface area contributed by atoms with E-state index in [1.165, 1.54) is 39.5 Å². The summed E-state index contributed by atoms with van der Waals surface area (Å²) in [6.07, 6.45) is 1.49. The first-order valence-corrected chi connectivity index (χ1v) is 12.0. The molecule has 4 rings (SSSR count). The molecule has 36 heavy (non-hydrogen) atoms. The number of rotatable bonds is 7. The minimum Gasteiger partial charge on any atom is -0.493 e. The molecule has 0 bridgehead atoms. The van der Waals surface area contributed by atoms with E-state index in [2.05, 4.69) is 36.9 Å². The monoisotopic (exact) mass is 615 g/mol. The number of esters is 2. The zero-order valence-electron chi connectivity index (χ0n) is 19.3. The van der Waals surface area contributed by atoms with Gasteiger partial charge in [0.15, 0.2) is 22.9 Å². The van der Waals surface area contributed by atoms with E-state index in [1.54, 1.807) is 24.3 Å². The molecule has 1 heterocycles. The van der Waals surface area contributed by atoms with Gasteiger partial charge in [-0.3, -0.25) is 0 Å². The van der Waals surface area contributed by atoms with E-state index in [1.807, 2.05) is 18.2 Å². The second-order valence-corrected chi connectivity index (χ2v) is 9.08. The highest BCUT2D eigenvalue weighted by Gasteiger charge is 2.26. The molecule has 0 radical (unpaired) electrons. The van der Waals surface area contributed by atoms with Crippen LogP contribution in [0.15, 0.2) is 74.2 Å². The van der Waals surface area contributed by atoms with Gasteiger partial charge in [-0.2, -0.15) is 0 Å². The van der Waals surface area contributed by atoms with Crippen molar-refractivity contribution in [3.8, 4) is 23.0 Å². The van der Waals surface area contributed by atoms with Crippen molar-refractivity contribution in [1.29, 1.82) is 0 Å². The highest BCUT2D eigenvalue weighted by atomic mass is 79.9. The Labute approximate surface area is 223 Å². The molecular formula is C26H19Br2NO7. The maximum atomic E-state index is 13.1. The van der Waals surface area contributed by atoms with Crippen molar-refractivity contribution in [2.24, 2.45) is 4.99 Å². The van der Waals surface area contributed by atoms with Gasteiger partial charge in [-0.05, 0) is 58.4 Å². The molecule has 8 nitrogen and oxygen atoms in total. The third-order valence-electron chi connectivity index (χ3n) is 5.07. The number of nitrogens with zero attached hydrogens (tertiary/aromatic N) is 1. The average Bonchev–Trinajstić information content (AvgIpc) is 3.25. The smallest absolute Gasteiger partial charge is 0.363 e. The molecule has 0 spiro atoms. The molecule has 1 aliphatic heterocycles. The highest BCUT2D eigenvalue weighted by Crippen LogP contribution is 2.40. The molecule has 0 atom stereocenters. The molecule has 0 saturated carbocycles. The molecular weight excluding hydrogens is 598 g/mol. The Hall–Kier alpha value is -3.63. The summed E-state index contributed by atoms with van der Waals surface area (Å²) in [5.41, 5.74) is 1.31. The quantitative estimate of drug-likeness (QED) is 0.188. The second-order valence-electron chi connectivity index (χ2n) is 7.31. The van der Waals surface area contributed by atoms with Crippen molar-refractivity contribution >= 4 is 55.8 Å². The van der Waals surface area contributed by atoms with E-state index in [0.29, 0.717) is 37.3 Å². The standard InChI is InChI=1S/C26H19Br2NO7/c1-32-20-11-16(12-21(33-2)23(20)34-3)25(30)35-22-15(9-17(27)13-18(22)28)10-19-26(31)36-24(29-19)14-7-5-4-6-8-14/h4-13H,1-3H3/b19-10-. The molecule has 0 N–H and O–H groups in total. The summed E-state index contributed by atoms with van der Waals surface area (Å²) in [5.74, 6) is 0.0253. The first-order valence-electron chi connectivity index (χ1n) is 10.4. The highest BCUT2D eigenvalue weighted by molar-refractivity contribution is 9.11. The summed E-state index contributed by atoms with van der Waals surface area (Å²) in [6, 6.07) is 15.4. The fourth-order valence-electron chi connectivity index (χ4n) is 3.41. The minimum atomic E-state index is -0.681. The molecule has 0 aliphatic carbocycles. The largest absolute Gasteiger partial charge is 0.493 e. The number of ether oxygens (including phenoxy) is 5. The first-order chi connectivity index (χ1) is 17.3. The number of carbonyl (C=O) groups is 2. The number of aliphatic imine (C=N–C) groups is 1. The lowest BCUT2D eigenvalue weighted by Gasteiger charge is -2.15.